The van der Waals surface area contributed by atoms with Gasteiger partial charge in [0.15, 0.2) is 0 Å². The summed E-state index contributed by atoms with van der Waals surface area (Å²) in [5.41, 5.74) is 0.811. The predicted molar refractivity (Wildman–Crippen MR) is 85.7 cm³/mol. The van der Waals surface area contributed by atoms with E-state index in [0.29, 0.717) is 11.8 Å². The van der Waals surface area contributed by atoms with Crippen molar-refractivity contribution in [2.75, 3.05) is 13.1 Å². The molecule has 1 heterocycles. The maximum atomic E-state index is 12.6. The number of hydrogen-bond acceptors (Lipinski definition) is 1. The van der Waals surface area contributed by atoms with Crippen LogP contribution in [0.1, 0.15) is 30.6 Å². The Morgan fingerprint density at radius 3 is 2.56 bits per heavy atom. The van der Waals surface area contributed by atoms with Gasteiger partial charge in [0, 0.05) is 21.1 Å². The molecule has 2 rings (SSSR count). The van der Waals surface area contributed by atoms with E-state index in [1.165, 1.54) is 6.42 Å². The van der Waals surface area contributed by atoms with Crippen molar-refractivity contribution >= 4 is 44.4 Å². The second kappa shape index (κ2) is 5.90. The number of nitrogens with zero attached hydrogens (tertiary/aromatic N) is 1. The molecule has 1 amide bonds. The molecule has 0 aliphatic carbocycles. The molecule has 0 aromatic heterocycles. The van der Waals surface area contributed by atoms with Crippen molar-refractivity contribution in [2.24, 2.45) is 11.8 Å². The maximum Gasteiger partial charge on any atom is 0.254 e. The third-order valence-corrected chi connectivity index (χ3v) is 4.75. The van der Waals surface area contributed by atoms with Crippen molar-refractivity contribution < 1.29 is 4.79 Å². The molecular formula is C14H17BrINO. The number of rotatable bonds is 1. The van der Waals surface area contributed by atoms with Gasteiger partial charge in [-0.15, -0.1) is 0 Å². The van der Waals surface area contributed by atoms with Crippen molar-refractivity contribution in [1.29, 1.82) is 0 Å². The van der Waals surface area contributed by atoms with Crippen LogP contribution in [0.25, 0.3) is 0 Å². The van der Waals surface area contributed by atoms with E-state index in [1.807, 2.05) is 23.1 Å². The number of benzene rings is 1. The van der Waals surface area contributed by atoms with Crippen LogP contribution in [0.15, 0.2) is 22.7 Å². The molecule has 0 N–H and O–H groups in total. The average Bonchev–Trinajstić information content (AvgIpc) is 2.30. The van der Waals surface area contributed by atoms with Gasteiger partial charge in [-0.1, -0.05) is 29.8 Å². The van der Waals surface area contributed by atoms with Crippen LogP contribution >= 0.6 is 38.5 Å². The summed E-state index contributed by atoms with van der Waals surface area (Å²) in [6.07, 6.45) is 1.22. The number of carbonyl (C=O) groups excluding carboxylic acids is 1. The fraction of sp³-hybridized carbons (Fsp3) is 0.500. The standard InChI is InChI=1S/C14H17BrINO/c1-9-5-10(2)8-17(7-9)14(18)12-6-11(15)3-4-13(12)16/h3-4,6,9-10H,5,7-8H2,1-2H3. The highest BCUT2D eigenvalue weighted by atomic mass is 127. The smallest absolute Gasteiger partial charge is 0.254 e. The molecule has 4 heteroatoms. The van der Waals surface area contributed by atoms with E-state index in [-0.39, 0.29) is 5.91 Å². The van der Waals surface area contributed by atoms with E-state index in [0.717, 1.165) is 26.7 Å². The van der Waals surface area contributed by atoms with Gasteiger partial charge in [-0.05, 0) is 59.0 Å². The topological polar surface area (TPSA) is 20.3 Å². The van der Waals surface area contributed by atoms with E-state index < -0.39 is 0 Å². The first-order chi connectivity index (χ1) is 8.47. The fourth-order valence-electron chi connectivity index (χ4n) is 2.66. The number of likely N-dealkylation sites (tertiary alicyclic amines) is 1. The zero-order chi connectivity index (χ0) is 13.3. The molecule has 0 bridgehead atoms. The van der Waals surface area contributed by atoms with Gasteiger partial charge < -0.3 is 4.90 Å². The monoisotopic (exact) mass is 421 g/mol. The average molecular weight is 422 g/mol. The highest BCUT2D eigenvalue weighted by molar-refractivity contribution is 14.1. The van der Waals surface area contributed by atoms with Crippen molar-refractivity contribution in [2.45, 2.75) is 20.3 Å². The number of piperidine rings is 1. The zero-order valence-electron chi connectivity index (χ0n) is 10.6. The Bertz CT molecular complexity index is 453. The van der Waals surface area contributed by atoms with Gasteiger partial charge in [0.1, 0.15) is 0 Å². The van der Waals surface area contributed by atoms with E-state index in [9.17, 15) is 4.79 Å². The van der Waals surface area contributed by atoms with Crippen LogP contribution in [0.3, 0.4) is 0 Å². The first-order valence-corrected chi connectivity index (χ1v) is 8.09. The molecule has 18 heavy (non-hydrogen) atoms. The fourth-order valence-corrected chi connectivity index (χ4v) is 3.59. The van der Waals surface area contributed by atoms with Crippen LogP contribution in [0, 0.1) is 15.4 Å². The summed E-state index contributed by atoms with van der Waals surface area (Å²) in [5.74, 6) is 1.36. The SMILES string of the molecule is CC1CC(C)CN(C(=O)c2cc(Br)ccc2I)C1. The van der Waals surface area contributed by atoms with Crippen molar-refractivity contribution in [3.8, 4) is 0 Å². The van der Waals surface area contributed by atoms with E-state index in [1.54, 1.807) is 0 Å². The quantitative estimate of drug-likeness (QED) is 0.623. The second-order valence-electron chi connectivity index (χ2n) is 5.28. The lowest BCUT2D eigenvalue weighted by Crippen LogP contribution is -2.42. The molecule has 1 aliphatic heterocycles. The van der Waals surface area contributed by atoms with E-state index >= 15 is 0 Å². The molecular weight excluding hydrogens is 405 g/mol. The van der Waals surface area contributed by atoms with Crippen LogP contribution in [0.2, 0.25) is 0 Å². The van der Waals surface area contributed by atoms with E-state index in [2.05, 4.69) is 52.4 Å². The summed E-state index contributed by atoms with van der Waals surface area (Å²) in [7, 11) is 0. The number of hydrogen-bond donors (Lipinski definition) is 0. The number of halogens is 2. The number of carbonyl (C=O) groups is 1. The van der Waals surface area contributed by atoms with Gasteiger partial charge in [0.2, 0.25) is 0 Å². The van der Waals surface area contributed by atoms with Gasteiger partial charge in [-0.25, -0.2) is 0 Å². The van der Waals surface area contributed by atoms with Crippen molar-refractivity contribution in [3.05, 3.63) is 31.8 Å². The third kappa shape index (κ3) is 3.26. The predicted octanol–water partition coefficient (Wildman–Crippen LogP) is 4.17. The Balaban J connectivity index is 2.22. The lowest BCUT2D eigenvalue weighted by molar-refractivity contribution is 0.0622. The van der Waals surface area contributed by atoms with Crippen LogP contribution in [-0.4, -0.2) is 23.9 Å². The molecule has 1 saturated heterocycles. The minimum Gasteiger partial charge on any atom is -0.338 e. The molecule has 2 unspecified atom stereocenters. The third-order valence-electron chi connectivity index (χ3n) is 3.31. The van der Waals surface area contributed by atoms with Gasteiger partial charge in [0.25, 0.3) is 5.91 Å². The molecule has 0 radical (unpaired) electrons. The zero-order valence-corrected chi connectivity index (χ0v) is 14.4. The van der Waals surface area contributed by atoms with Crippen molar-refractivity contribution in [1.82, 2.24) is 4.90 Å². The Morgan fingerprint density at radius 2 is 1.94 bits per heavy atom. The summed E-state index contributed by atoms with van der Waals surface area (Å²) in [6, 6.07) is 5.88. The highest BCUT2D eigenvalue weighted by Gasteiger charge is 2.27. The van der Waals surface area contributed by atoms with Gasteiger partial charge in [-0.2, -0.15) is 0 Å². The van der Waals surface area contributed by atoms with Gasteiger partial charge in [0.05, 0.1) is 5.56 Å². The molecule has 2 nitrogen and oxygen atoms in total. The summed E-state index contributed by atoms with van der Waals surface area (Å²) in [6.45, 7) is 6.21. The molecule has 0 spiro atoms. The Hall–Kier alpha value is -0.100. The molecule has 1 aromatic rings. The molecule has 1 aromatic carbocycles. The maximum absolute atomic E-state index is 12.6. The number of amides is 1. The van der Waals surface area contributed by atoms with Crippen LogP contribution in [0.5, 0.6) is 0 Å². The molecule has 1 fully saturated rings. The molecule has 0 saturated carbocycles. The summed E-state index contributed by atoms with van der Waals surface area (Å²) >= 11 is 5.67. The van der Waals surface area contributed by atoms with E-state index in [4.69, 9.17) is 0 Å². The molecule has 98 valence electrons. The highest BCUT2D eigenvalue weighted by Crippen LogP contribution is 2.25. The minimum absolute atomic E-state index is 0.166. The second-order valence-corrected chi connectivity index (χ2v) is 7.36. The largest absolute Gasteiger partial charge is 0.338 e. The van der Waals surface area contributed by atoms with Crippen LogP contribution in [-0.2, 0) is 0 Å². The molecule has 1 aliphatic rings. The van der Waals surface area contributed by atoms with Gasteiger partial charge in [-0.3, -0.25) is 4.79 Å². The Morgan fingerprint density at radius 1 is 1.33 bits per heavy atom. The summed E-state index contributed by atoms with van der Waals surface area (Å²) in [5, 5.41) is 0. The lowest BCUT2D eigenvalue weighted by Gasteiger charge is -2.35. The minimum atomic E-state index is 0.166. The summed E-state index contributed by atoms with van der Waals surface area (Å²) in [4.78, 5) is 14.6. The first kappa shape index (κ1) is 14.3. The molecule has 2 atom stereocenters. The van der Waals surface area contributed by atoms with Crippen LogP contribution < -0.4 is 0 Å². The summed E-state index contributed by atoms with van der Waals surface area (Å²) < 4.78 is 1.98. The van der Waals surface area contributed by atoms with Crippen LogP contribution in [0.4, 0.5) is 0 Å². The van der Waals surface area contributed by atoms with Gasteiger partial charge >= 0.3 is 0 Å². The van der Waals surface area contributed by atoms with Crippen molar-refractivity contribution in [3.63, 3.8) is 0 Å². The Labute approximate surface area is 130 Å². The normalized spacial score (nSPS) is 24.1. The Kier molecular flexibility index (Phi) is 4.69. The first-order valence-electron chi connectivity index (χ1n) is 6.21. The lowest BCUT2D eigenvalue weighted by atomic mass is 9.91.